The molecular weight excluding hydrogens is 204 g/mol. The fourth-order valence-electron chi connectivity index (χ4n) is 2.05. The number of hydrogen-bond donors (Lipinski definition) is 1. The zero-order chi connectivity index (χ0) is 10.8. The van der Waals surface area contributed by atoms with E-state index in [0.29, 0.717) is 0 Å². The third kappa shape index (κ3) is 1.63. The van der Waals surface area contributed by atoms with E-state index >= 15 is 0 Å². The molecule has 1 fully saturated rings. The van der Waals surface area contributed by atoms with Crippen LogP contribution in [0.25, 0.3) is 10.9 Å². The van der Waals surface area contributed by atoms with Crippen molar-refractivity contribution < 1.29 is 4.74 Å². The van der Waals surface area contributed by atoms with E-state index in [-0.39, 0.29) is 0 Å². The Labute approximate surface area is 93.4 Å². The first-order valence-corrected chi connectivity index (χ1v) is 5.56. The highest BCUT2D eigenvalue weighted by molar-refractivity contribution is 5.89. The number of pyridine rings is 1. The van der Waals surface area contributed by atoms with Crippen LogP contribution in [0.15, 0.2) is 18.5 Å². The molecule has 0 aromatic carbocycles. The number of nitrogens with one attached hydrogen (secondary N) is 1. The maximum Gasteiger partial charge on any atom is 0.158 e. The van der Waals surface area contributed by atoms with Crippen LogP contribution in [0.1, 0.15) is 6.42 Å². The molecule has 1 aliphatic rings. The Kier molecular flexibility index (Phi) is 2.46. The average Bonchev–Trinajstić information content (AvgIpc) is 2.57. The van der Waals surface area contributed by atoms with Crippen molar-refractivity contribution in [2.24, 2.45) is 0 Å². The molecule has 0 amide bonds. The third-order valence-corrected chi connectivity index (χ3v) is 2.87. The van der Waals surface area contributed by atoms with Crippen LogP contribution in [0.3, 0.4) is 0 Å². The predicted molar refractivity (Wildman–Crippen MR) is 61.5 cm³/mol. The first-order chi connectivity index (χ1) is 7.95. The van der Waals surface area contributed by atoms with Crippen molar-refractivity contribution in [3.8, 4) is 0 Å². The summed E-state index contributed by atoms with van der Waals surface area (Å²) in [5, 5.41) is 8.51. The third-order valence-electron chi connectivity index (χ3n) is 2.87. The van der Waals surface area contributed by atoms with Crippen LogP contribution in [0.2, 0.25) is 0 Å². The number of hydrogen-bond acceptors (Lipinski definition) is 4. The maximum absolute atomic E-state index is 5.44. The quantitative estimate of drug-likeness (QED) is 0.781. The Morgan fingerprint density at radius 2 is 2.31 bits per heavy atom. The second-order valence-electron chi connectivity index (χ2n) is 3.92. The van der Waals surface area contributed by atoms with Crippen LogP contribution >= 0.6 is 0 Å². The Balaban J connectivity index is 1.97. The van der Waals surface area contributed by atoms with Crippen molar-refractivity contribution in [2.45, 2.75) is 6.42 Å². The number of H-pyrrole nitrogens is 1. The number of aromatic amines is 1. The largest absolute Gasteiger partial charge is 0.380 e. The van der Waals surface area contributed by atoms with Crippen molar-refractivity contribution in [3.05, 3.63) is 18.5 Å². The first kappa shape index (κ1) is 9.59. The van der Waals surface area contributed by atoms with Crippen LogP contribution < -0.4 is 4.90 Å². The lowest BCUT2D eigenvalue weighted by atomic mass is 10.3. The van der Waals surface area contributed by atoms with Crippen molar-refractivity contribution >= 4 is 16.7 Å². The molecule has 0 spiro atoms. The highest BCUT2D eigenvalue weighted by Gasteiger charge is 2.15. The van der Waals surface area contributed by atoms with Gasteiger partial charge in [0.25, 0.3) is 0 Å². The highest BCUT2D eigenvalue weighted by atomic mass is 16.5. The zero-order valence-corrected chi connectivity index (χ0v) is 9.02. The average molecular weight is 218 g/mol. The van der Waals surface area contributed by atoms with Gasteiger partial charge in [-0.25, -0.2) is 0 Å². The molecule has 0 saturated carbocycles. The number of nitrogens with zero attached hydrogens (tertiary/aromatic N) is 3. The number of fused-ring (bicyclic) bond motifs is 1. The molecule has 3 rings (SSSR count). The molecule has 3 heterocycles. The Hall–Kier alpha value is -1.62. The summed E-state index contributed by atoms with van der Waals surface area (Å²) < 4.78 is 5.44. The van der Waals surface area contributed by atoms with E-state index in [1.165, 1.54) is 0 Å². The summed E-state index contributed by atoms with van der Waals surface area (Å²) in [6, 6.07) is 2.00. The molecule has 5 heteroatoms. The van der Waals surface area contributed by atoms with E-state index in [0.717, 1.165) is 49.4 Å². The fourth-order valence-corrected chi connectivity index (χ4v) is 2.05. The van der Waals surface area contributed by atoms with E-state index in [1.807, 2.05) is 6.07 Å². The topological polar surface area (TPSA) is 54.0 Å². The minimum absolute atomic E-state index is 0.777. The van der Waals surface area contributed by atoms with Gasteiger partial charge < -0.3 is 9.64 Å². The maximum atomic E-state index is 5.44. The number of ether oxygens (including phenoxy) is 1. The fraction of sp³-hybridized carbons (Fsp3) is 0.455. The van der Waals surface area contributed by atoms with E-state index in [1.54, 1.807) is 12.4 Å². The van der Waals surface area contributed by atoms with Gasteiger partial charge in [0.1, 0.15) is 0 Å². The SMILES string of the molecule is c1cc2c(N3CCCOCC3)n[nH]c2cn1. The molecule has 84 valence electrons. The van der Waals surface area contributed by atoms with Crippen LogP contribution in [-0.2, 0) is 4.74 Å². The molecule has 0 bridgehead atoms. The summed E-state index contributed by atoms with van der Waals surface area (Å²) in [5.74, 6) is 1.02. The highest BCUT2D eigenvalue weighted by Crippen LogP contribution is 2.23. The smallest absolute Gasteiger partial charge is 0.158 e. The Morgan fingerprint density at radius 1 is 1.31 bits per heavy atom. The molecule has 0 aliphatic carbocycles. The van der Waals surface area contributed by atoms with E-state index in [2.05, 4.69) is 20.1 Å². The monoisotopic (exact) mass is 218 g/mol. The van der Waals surface area contributed by atoms with Gasteiger partial charge in [0.15, 0.2) is 5.82 Å². The molecule has 1 N–H and O–H groups in total. The van der Waals surface area contributed by atoms with E-state index < -0.39 is 0 Å². The minimum atomic E-state index is 0.777. The summed E-state index contributed by atoms with van der Waals surface area (Å²) in [4.78, 5) is 6.35. The van der Waals surface area contributed by atoms with Crippen molar-refractivity contribution in [2.75, 3.05) is 31.2 Å². The second-order valence-corrected chi connectivity index (χ2v) is 3.92. The Morgan fingerprint density at radius 3 is 3.31 bits per heavy atom. The molecule has 0 atom stereocenters. The number of aromatic nitrogens is 3. The van der Waals surface area contributed by atoms with Gasteiger partial charge >= 0.3 is 0 Å². The van der Waals surface area contributed by atoms with Crippen molar-refractivity contribution in [3.63, 3.8) is 0 Å². The summed E-state index contributed by atoms with van der Waals surface area (Å²) in [7, 11) is 0. The standard InChI is InChI=1S/C11H14N4O/c1-4-15(5-7-16-6-1)11-9-2-3-12-8-10(9)13-14-11/h2-3,8H,1,4-7H2,(H,13,14). The van der Waals surface area contributed by atoms with Gasteiger partial charge in [-0.2, -0.15) is 5.10 Å². The van der Waals surface area contributed by atoms with Gasteiger partial charge in [0.2, 0.25) is 0 Å². The van der Waals surface area contributed by atoms with Crippen molar-refractivity contribution in [1.29, 1.82) is 0 Å². The van der Waals surface area contributed by atoms with Crippen molar-refractivity contribution in [1.82, 2.24) is 15.2 Å². The van der Waals surface area contributed by atoms with Gasteiger partial charge in [-0.05, 0) is 12.5 Å². The van der Waals surface area contributed by atoms with Gasteiger partial charge in [-0.3, -0.25) is 10.1 Å². The number of rotatable bonds is 1. The lowest BCUT2D eigenvalue weighted by Gasteiger charge is -2.18. The summed E-state index contributed by atoms with van der Waals surface area (Å²) in [6.45, 7) is 3.53. The van der Waals surface area contributed by atoms with Gasteiger partial charge in [0.05, 0.1) is 18.3 Å². The normalized spacial score (nSPS) is 17.6. The minimum Gasteiger partial charge on any atom is -0.380 e. The molecule has 2 aromatic heterocycles. The zero-order valence-electron chi connectivity index (χ0n) is 9.02. The lowest BCUT2D eigenvalue weighted by Crippen LogP contribution is -2.26. The van der Waals surface area contributed by atoms with Crippen LogP contribution in [-0.4, -0.2) is 41.5 Å². The molecule has 0 unspecified atom stereocenters. The van der Waals surface area contributed by atoms with Gasteiger partial charge in [-0.15, -0.1) is 0 Å². The Bertz CT molecular complexity index is 474. The van der Waals surface area contributed by atoms with Crippen LogP contribution in [0.5, 0.6) is 0 Å². The summed E-state index contributed by atoms with van der Waals surface area (Å²) in [6.07, 6.45) is 4.66. The van der Waals surface area contributed by atoms with Crippen LogP contribution in [0, 0.1) is 0 Å². The molecular formula is C11H14N4O. The lowest BCUT2D eigenvalue weighted by molar-refractivity contribution is 0.152. The summed E-state index contributed by atoms with van der Waals surface area (Å²) in [5.41, 5.74) is 0.989. The van der Waals surface area contributed by atoms with Gasteiger partial charge in [0, 0.05) is 31.3 Å². The molecule has 5 nitrogen and oxygen atoms in total. The molecule has 0 radical (unpaired) electrons. The molecule has 1 aliphatic heterocycles. The molecule has 1 saturated heterocycles. The number of anilines is 1. The predicted octanol–water partition coefficient (Wildman–Crippen LogP) is 1.18. The van der Waals surface area contributed by atoms with E-state index in [4.69, 9.17) is 4.74 Å². The molecule has 2 aromatic rings. The van der Waals surface area contributed by atoms with Gasteiger partial charge in [-0.1, -0.05) is 0 Å². The van der Waals surface area contributed by atoms with E-state index in [9.17, 15) is 0 Å². The molecule has 16 heavy (non-hydrogen) atoms. The van der Waals surface area contributed by atoms with Crippen LogP contribution in [0.4, 0.5) is 5.82 Å². The second kappa shape index (κ2) is 4.09. The first-order valence-electron chi connectivity index (χ1n) is 5.56. The summed E-state index contributed by atoms with van der Waals surface area (Å²) >= 11 is 0.